The van der Waals surface area contributed by atoms with Gasteiger partial charge in [0.2, 0.25) is 0 Å². The number of aryl methyl sites for hydroxylation is 3. The van der Waals surface area contributed by atoms with Crippen molar-refractivity contribution in [3.05, 3.63) is 69.1 Å². The van der Waals surface area contributed by atoms with Crippen molar-refractivity contribution >= 4 is 34.8 Å². The van der Waals surface area contributed by atoms with Crippen LogP contribution in [0.15, 0.2) is 36.4 Å². The Morgan fingerprint density at radius 1 is 1.04 bits per heavy atom. The predicted molar refractivity (Wildman–Crippen MR) is 100.0 cm³/mol. The number of benzene rings is 1. The van der Waals surface area contributed by atoms with Crippen molar-refractivity contribution in [1.29, 1.82) is 0 Å². The van der Waals surface area contributed by atoms with Crippen molar-refractivity contribution < 1.29 is 4.79 Å². The summed E-state index contributed by atoms with van der Waals surface area (Å²) in [4.78, 5) is 17.0. The fraction of sp³-hybridized carbons (Fsp3) is 0.167. The summed E-state index contributed by atoms with van der Waals surface area (Å²) in [6, 6.07) is 10.6. The zero-order chi connectivity index (χ0) is 18.1. The van der Waals surface area contributed by atoms with E-state index in [-0.39, 0.29) is 10.7 Å². The van der Waals surface area contributed by atoms with Crippen LogP contribution in [0.1, 0.15) is 27.4 Å². The quantitative estimate of drug-likeness (QED) is 0.719. The summed E-state index contributed by atoms with van der Waals surface area (Å²) in [6.45, 7) is 5.71. The first-order chi connectivity index (χ1) is 11.8. The molecule has 5 nitrogen and oxygen atoms in total. The molecule has 0 bridgehead atoms. The molecule has 1 aromatic carbocycles. The molecule has 3 rings (SSSR count). The van der Waals surface area contributed by atoms with Crippen LogP contribution in [0.5, 0.6) is 0 Å². The smallest absolute Gasteiger partial charge is 0.275 e. The number of pyridine rings is 1. The number of nitrogens with zero attached hydrogens (tertiary/aromatic N) is 3. The van der Waals surface area contributed by atoms with Crippen molar-refractivity contribution in [1.82, 2.24) is 14.8 Å². The van der Waals surface area contributed by atoms with Crippen LogP contribution in [0.2, 0.25) is 10.0 Å². The summed E-state index contributed by atoms with van der Waals surface area (Å²) < 4.78 is 1.67. The van der Waals surface area contributed by atoms with Gasteiger partial charge in [0.25, 0.3) is 5.91 Å². The minimum absolute atomic E-state index is 0.128. The second-order valence-electron chi connectivity index (χ2n) is 5.76. The molecule has 3 aromatic rings. The molecule has 1 amide bonds. The highest BCUT2D eigenvalue weighted by Crippen LogP contribution is 2.22. The average Bonchev–Trinajstić information content (AvgIpc) is 2.90. The van der Waals surface area contributed by atoms with Crippen LogP contribution in [-0.4, -0.2) is 20.7 Å². The maximum absolute atomic E-state index is 12.6. The molecule has 0 spiro atoms. The van der Waals surface area contributed by atoms with Gasteiger partial charge in [-0.2, -0.15) is 5.10 Å². The Bertz CT molecular complexity index is 966. The molecule has 2 heterocycles. The molecule has 0 fully saturated rings. The summed E-state index contributed by atoms with van der Waals surface area (Å²) in [5.41, 5.74) is 3.43. The van der Waals surface area contributed by atoms with E-state index in [0.717, 1.165) is 17.0 Å². The Morgan fingerprint density at radius 3 is 2.44 bits per heavy atom. The van der Waals surface area contributed by atoms with Crippen LogP contribution in [0.25, 0.3) is 5.82 Å². The maximum atomic E-state index is 12.6. The first-order valence-electron chi connectivity index (χ1n) is 7.63. The van der Waals surface area contributed by atoms with E-state index in [2.05, 4.69) is 15.4 Å². The molecule has 25 heavy (non-hydrogen) atoms. The molecule has 7 heteroatoms. The number of hydrogen-bond acceptors (Lipinski definition) is 3. The second kappa shape index (κ2) is 6.86. The van der Waals surface area contributed by atoms with Gasteiger partial charge >= 0.3 is 0 Å². The Morgan fingerprint density at radius 2 is 1.80 bits per heavy atom. The third-order valence-corrected chi connectivity index (χ3v) is 4.41. The zero-order valence-electron chi connectivity index (χ0n) is 14.0. The van der Waals surface area contributed by atoms with Gasteiger partial charge in [0, 0.05) is 16.4 Å². The van der Waals surface area contributed by atoms with Crippen molar-refractivity contribution in [2.24, 2.45) is 0 Å². The molecule has 0 aliphatic carbocycles. The first kappa shape index (κ1) is 17.5. The SMILES string of the molecule is Cc1cc(C)n(-c2ccc(Cl)c(C(=O)Nc3ccc(C)c(Cl)c3)n2)n1. The van der Waals surface area contributed by atoms with Crippen LogP contribution < -0.4 is 5.32 Å². The number of carbonyl (C=O) groups is 1. The summed E-state index contributed by atoms with van der Waals surface area (Å²) in [6.07, 6.45) is 0. The van der Waals surface area contributed by atoms with Crippen molar-refractivity contribution in [3.8, 4) is 5.82 Å². The summed E-state index contributed by atoms with van der Waals surface area (Å²) >= 11 is 12.3. The van der Waals surface area contributed by atoms with E-state index in [0.29, 0.717) is 16.5 Å². The van der Waals surface area contributed by atoms with Crippen LogP contribution in [0.3, 0.4) is 0 Å². The van der Waals surface area contributed by atoms with Gasteiger partial charge in [-0.25, -0.2) is 9.67 Å². The van der Waals surface area contributed by atoms with Gasteiger partial charge in [-0.05, 0) is 56.7 Å². The molecule has 2 aromatic heterocycles. The number of halogens is 2. The van der Waals surface area contributed by atoms with Crippen molar-refractivity contribution in [2.75, 3.05) is 5.32 Å². The highest BCUT2D eigenvalue weighted by molar-refractivity contribution is 6.34. The Balaban J connectivity index is 1.93. The van der Waals surface area contributed by atoms with E-state index in [1.54, 1.807) is 28.9 Å². The number of anilines is 1. The minimum atomic E-state index is -0.409. The van der Waals surface area contributed by atoms with Gasteiger partial charge in [-0.1, -0.05) is 29.3 Å². The molecule has 128 valence electrons. The molecule has 0 saturated heterocycles. The first-order valence-corrected chi connectivity index (χ1v) is 8.38. The lowest BCUT2D eigenvalue weighted by molar-refractivity contribution is 0.102. The molecule has 0 aliphatic heterocycles. The minimum Gasteiger partial charge on any atom is -0.321 e. The molecular formula is C18H16Cl2N4O. The number of rotatable bonds is 3. The standard InChI is InChI=1S/C18H16Cl2N4O/c1-10-4-5-13(9-15(10)20)21-18(25)17-14(19)6-7-16(22-17)24-12(3)8-11(2)23-24/h4-9H,1-3H3,(H,21,25). The Labute approximate surface area is 155 Å². The fourth-order valence-corrected chi connectivity index (χ4v) is 2.80. The van der Waals surface area contributed by atoms with Gasteiger partial charge < -0.3 is 5.32 Å². The molecule has 0 unspecified atom stereocenters. The van der Waals surface area contributed by atoms with E-state index in [1.807, 2.05) is 32.9 Å². The van der Waals surface area contributed by atoms with Gasteiger partial charge in [0.15, 0.2) is 5.82 Å². The molecule has 0 atom stereocenters. The van der Waals surface area contributed by atoms with Crippen molar-refractivity contribution in [2.45, 2.75) is 20.8 Å². The molecule has 0 saturated carbocycles. The van der Waals surface area contributed by atoms with Gasteiger partial charge in [-0.15, -0.1) is 0 Å². The number of hydrogen-bond donors (Lipinski definition) is 1. The third-order valence-electron chi connectivity index (χ3n) is 3.70. The number of aromatic nitrogens is 3. The molecule has 1 N–H and O–H groups in total. The van der Waals surface area contributed by atoms with Crippen molar-refractivity contribution in [3.63, 3.8) is 0 Å². The van der Waals surface area contributed by atoms with Crippen LogP contribution in [0.4, 0.5) is 5.69 Å². The van der Waals surface area contributed by atoms with E-state index < -0.39 is 5.91 Å². The predicted octanol–water partition coefficient (Wildman–Crippen LogP) is 4.75. The molecule has 0 aliphatic rings. The van der Waals surface area contributed by atoms with Gasteiger partial charge in [0.05, 0.1) is 10.7 Å². The monoisotopic (exact) mass is 374 g/mol. The lowest BCUT2D eigenvalue weighted by Gasteiger charge is -2.10. The lowest BCUT2D eigenvalue weighted by Crippen LogP contribution is -2.16. The van der Waals surface area contributed by atoms with Crippen LogP contribution in [0, 0.1) is 20.8 Å². The van der Waals surface area contributed by atoms with Gasteiger partial charge in [-0.3, -0.25) is 4.79 Å². The number of carbonyl (C=O) groups excluding carboxylic acids is 1. The average molecular weight is 375 g/mol. The normalized spacial score (nSPS) is 10.8. The Kier molecular flexibility index (Phi) is 4.79. The van der Waals surface area contributed by atoms with E-state index >= 15 is 0 Å². The highest BCUT2D eigenvalue weighted by atomic mass is 35.5. The number of amides is 1. The van der Waals surface area contributed by atoms with Gasteiger partial charge in [0.1, 0.15) is 5.69 Å². The Hall–Kier alpha value is -2.37. The summed E-state index contributed by atoms with van der Waals surface area (Å²) in [5, 5.41) is 7.99. The topological polar surface area (TPSA) is 59.8 Å². The summed E-state index contributed by atoms with van der Waals surface area (Å²) in [5.74, 6) is 0.121. The lowest BCUT2D eigenvalue weighted by atomic mass is 10.2. The molecular weight excluding hydrogens is 359 g/mol. The fourth-order valence-electron chi connectivity index (χ4n) is 2.43. The molecule has 0 radical (unpaired) electrons. The van der Waals surface area contributed by atoms with E-state index in [1.165, 1.54) is 0 Å². The van der Waals surface area contributed by atoms with E-state index in [4.69, 9.17) is 23.2 Å². The maximum Gasteiger partial charge on any atom is 0.275 e. The zero-order valence-corrected chi connectivity index (χ0v) is 15.5. The van der Waals surface area contributed by atoms with Crippen LogP contribution in [-0.2, 0) is 0 Å². The van der Waals surface area contributed by atoms with Crippen LogP contribution >= 0.6 is 23.2 Å². The largest absolute Gasteiger partial charge is 0.321 e. The third kappa shape index (κ3) is 3.67. The second-order valence-corrected chi connectivity index (χ2v) is 6.57. The summed E-state index contributed by atoms with van der Waals surface area (Å²) in [7, 11) is 0. The van der Waals surface area contributed by atoms with E-state index in [9.17, 15) is 4.79 Å². The number of nitrogens with one attached hydrogen (secondary N) is 1. The highest BCUT2D eigenvalue weighted by Gasteiger charge is 2.16.